The third-order valence-electron chi connectivity index (χ3n) is 4.08. The molecule has 1 fully saturated rings. The molecule has 0 amide bonds. The van der Waals surface area contributed by atoms with Crippen molar-refractivity contribution in [3.63, 3.8) is 0 Å². The molecule has 1 atom stereocenters. The van der Waals surface area contributed by atoms with Crippen LogP contribution in [0.15, 0.2) is 44.5 Å². The van der Waals surface area contributed by atoms with Gasteiger partial charge in [0, 0.05) is 45.3 Å². The third kappa shape index (κ3) is 5.75. The van der Waals surface area contributed by atoms with Gasteiger partial charge in [0.2, 0.25) is 0 Å². The number of nitrogens with one attached hydrogen (secondary N) is 2. The first kappa shape index (κ1) is 21.3. The van der Waals surface area contributed by atoms with Gasteiger partial charge in [0.1, 0.15) is 11.6 Å². The summed E-state index contributed by atoms with van der Waals surface area (Å²) in [5.41, 5.74) is 0. The van der Waals surface area contributed by atoms with E-state index in [0.29, 0.717) is 11.1 Å². The SMILES string of the molecule is CN=C(NCCc1ccc(Br)o1)NC1CCN(c2ncccc2Cl)C1.I. The Bertz CT molecular complexity index is 741. The maximum atomic E-state index is 6.24. The van der Waals surface area contributed by atoms with Gasteiger partial charge in [-0.1, -0.05) is 11.6 Å². The van der Waals surface area contributed by atoms with Crippen molar-refractivity contribution >= 4 is 63.3 Å². The molecular weight excluding hydrogens is 532 g/mol. The minimum atomic E-state index is 0. The second kappa shape index (κ2) is 10.4. The van der Waals surface area contributed by atoms with Crippen molar-refractivity contribution in [1.82, 2.24) is 15.6 Å². The van der Waals surface area contributed by atoms with Crippen LogP contribution < -0.4 is 15.5 Å². The van der Waals surface area contributed by atoms with Crippen LogP contribution in [0.25, 0.3) is 0 Å². The minimum absolute atomic E-state index is 0. The maximum absolute atomic E-state index is 6.24. The van der Waals surface area contributed by atoms with Crippen LogP contribution in [0.4, 0.5) is 5.82 Å². The van der Waals surface area contributed by atoms with Crippen LogP contribution >= 0.6 is 51.5 Å². The summed E-state index contributed by atoms with van der Waals surface area (Å²) in [5, 5.41) is 7.48. The Morgan fingerprint density at radius 3 is 3.00 bits per heavy atom. The van der Waals surface area contributed by atoms with Gasteiger partial charge in [0.05, 0.1) is 5.02 Å². The van der Waals surface area contributed by atoms with Crippen molar-refractivity contribution in [1.29, 1.82) is 0 Å². The minimum Gasteiger partial charge on any atom is -0.454 e. The largest absolute Gasteiger partial charge is 0.454 e. The number of nitrogens with zero attached hydrogens (tertiary/aromatic N) is 3. The van der Waals surface area contributed by atoms with E-state index in [1.807, 2.05) is 24.3 Å². The summed E-state index contributed by atoms with van der Waals surface area (Å²) in [4.78, 5) is 10.9. The molecule has 1 aliphatic rings. The summed E-state index contributed by atoms with van der Waals surface area (Å²) < 4.78 is 6.25. The molecule has 3 heterocycles. The molecule has 3 rings (SSSR count). The Labute approximate surface area is 183 Å². The number of pyridine rings is 1. The molecule has 142 valence electrons. The lowest BCUT2D eigenvalue weighted by molar-refractivity contribution is 0.485. The van der Waals surface area contributed by atoms with Gasteiger partial charge in [-0.2, -0.15) is 0 Å². The second-order valence-electron chi connectivity index (χ2n) is 5.84. The maximum Gasteiger partial charge on any atom is 0.191 e. The highest BCUT2D eigenvalue weighted by Crippen LogP contribution is 2.25. The number of halogens is 3. The zero-order valence-corrected chi connectivity index (χ0v) is 19.1. The zero-order chi connectivity index (χ0) is 17.6. The Hall–Kier alpha value is -1.000. The van der Waals surface area contributed by atoms with Crippen molar-refractivity contribution < 1.29 is 4.42 Å². The first-order chi connectivity index (χ1) is 12.2. The predicted octanol–water partition coefficient (Wildman–Crippen LogP) is 3.69. The Balaban J connectivity index is 0.00000243. The van der Waals surface area contributed by atoms with E-state index >= 15 is 0 Å². The number of furan rings is 1. The lowest BCUT2D eigenvalue weighted by atomic mass is 10.3. The molecule has 2 N–H and O–H groups in total. The first-order valence-electron chi connectivity index (χ1n) is 8.22. The van der Waals surface area contributed by atoms with Crippen LogP contribution in [0.1, 0.15) is 12.2 Å². The summed E-state index contributed by atoms with van der Waals surface area (Å²) in [6, 6.07) is 7.90. The van der Waals surface area contributed by atoms with Gasteiger partial charge >= 0.3 is 0 Å². The van der Waals surface area contributed by atoms with E-state index in [1.54, 1.807) is 13.2 Å². The standard InChI is InChI=1S/C17H21BrClN5O.HI/c1-20-17(22-9-6-13-4-5-15(18)25-13)23-12-7-10-24(11-12)16-14(19)3-2-8-21-16;/h2-5,8,12H,6-7,9-11H2,1H3,(H2,20,22,23);1H. The number of anilines is 1. The van der Waals surface area contributed by atoms with Crippen LogP contribution in [-0.4, -0.2) is 43.7 Å². The fourth-order valence-corrected chi connectivity index (χ4v) is 3.44. The van der Waals surface area contributed by atoms with Crippen LogP contribution in [-0.2, 0) is 6.42 Å². The molecule has 0 bridgehead atoms. The fourth-order valence-electron chi connectivity index (χ4n) is 2.86. The molecule has 0 saturated carbocycles. The Morgan fingerprint density at radius 1 is 1.46 bits per heavy atom. The number of hydrogen-bond acceptors (Lipinski definition) is 4. The molecule has 1 unspecified atom stereocenters. The summed E-state index contributed by atoms with van der Waals surface area (Å²) in [6.45, 7) is 2.52. The average molecular weight is 555 g/mol. The normalized spacial score (nSPS) is 17.1. The predicted molar refractivity (Wildman–Crippen MR) is 120 cm³/mol. The molecule has 1 aliphatic heterocycles. The molecule has 0 aliphatic carbocycles. The van der Waals surface area contributed by atoms with Crippen molar-refractivity contribution in [2.45, 2.75) is 18.9 Å². The lowest BCUT2D eigenvalue weighted by Gasteiger charge is -2.20. The van der Waals surface area contributed by atoms with Gasteiger partial charge in [-0.15, -0.1) is 24.0 Å². The van der Waals surface area contributed by atoms with E-state index in [2.05, 4.69) is 41.4 Å². The smallest absolute Gasteiger partial charge is 0.191 e. The zero-order valence-electron chi connectivity index (χ0n) is 14.4. The van der Waals surface area contributed by atoms with Gasteiger partial charge in [0.25, 0.3) is 0 Å². The Morgan fingerprint density at radius 2 is 2.31 bits per heavy atom. The van der Waals surface area contributed by atoms with Gasteiger partial charge in [-0.25, -0.2) is 4.98 Å². The fraction of sp³-hybridized carbons (Fsp3) is 0.412. The van der Waals surface area contributed by atoms with Crippen molar-refractivity contribution in [3.8, 4) is 0 Å². The molecule has 2 aromatic rings. The van der Waals surface area contributed by atoms with E-state index in [-0.39, 0.29) is 24.0 Å². The second-order valence-corrected chi connectivity index (χ2v) is 7.03. The Kier molecular flexibility index (Phi) is 8.49. The molecule has 0 radical (unpaired) electrons. The highest BCUT2D eigenvalue weighted by atomic mass is 127. The number of aliphatic imine (C=N–C) groups is 1. The lowest BCUT2D eigenvalue weighted by Crippen LogP contribution is -2.45. The average Bonchev–Trinajstić information content (AvgIpc) is 3.23. The van der Waals surface area contributed by atoms with Crippen LogP contribution in [0.2, 0.25) is 5.02 Å². The van der Waals surface area contributed by atoms with Gasteiger partial charge in [-0.05, 0) is 46.6 Å². The molecule has 1 saturated heterocycles. The molecular formula is C17H22BrClIN5O. The molecule has 9 heteroatoms. The number of aromatic nitrogens is 1. The topological polar surface area (TPSA) is 65.7 Å². The van der Waals surface area contributed by atoms with Crippen LogP contribution in [0.5, 0.6) is 0 Å². The summed E-state index contributed by atoms with van der Waals surface area (Å²) >= 11 is 9.55. The molecule has 6 nitrogen and oxygen atoms in total. The summed E-state index contributed by atoms with van der Waals surface area (Å²) in [7, 11) is 1.78. The van der Waals surface area contributed by atoms with Gasteiger partial charge < -0.3 is 20.0 Å². The highest BCUT2D eigenvalue weighted by molar-refractivity contribution is 14.0. The molecule has 26 heavy (non-hydrogen) atoms. The van der Waals surface area contributed by atoms with E-state index in [0.717, 1.165) is 54.7 Å². The number of guanidine groups is 1. The van der Waals surface area contributed by atoms with Crippen molar-refractivity contribution in [2.75, 3.05) is 31.6 Å². The molecule has 2 aromatic heterocycles. The first-order valence-corrected chi connectivity index (χ1v) is 9.39. The molecule has 0 spiro atoms. The summed E-state index contributed by atoms with van der Waals surface area (Å²) in [6.07, 6.45) is 3.58. The monoisotopic (exact) mass is 553 g/mol. The van der Waals surface area contributed by atoms with Crippen LogP contribution in [0.3, 0.4) is 0 Å². The van der Waals surface area contributed by atoms with E-state index in [9.17, 15) is 0 Å². The number of hydrogen-bond donors (Lipinski definition) is 2. The van der Waals surface area contributed by atoms with E-state index < -0.39 is 0 Å². The highest BCUT2D eigenvalue weighted by Gasteiger charge is 2.25. The summed E-state index contributed by atoms with van der Waals surface area (Å²) in [5.74, 6) is 2.58. The van der Waals surface area contributed by atoms with Gasteiger partial charge in [-0.3, -0.25) is 4.99 Å². The quantitative estimate of drug-likeness (QED) is 0.335. The molecule has 0 aromatic carbocycles. The van der Waals surface area contributed by atoms with Crippen LogP contribution in [0, 0.1) is 0 Å². The van der Waals surface area contributed by atoms with E-state index in [1.165, 1.54) is 0 Å². The van der Waals surface area contributed by atoms with Crippen molar-refractivity contribution in [3.05, 3.63) is 45.9 Å². The van der Waals surface area contributed by atoms with Crippen molar-refractivity contribution in [2.24, 2.45) is 4.99 Å². The van der Waals surface area contributed by atoms with E-state index in [4.69, 9.17) is 16.0 Å². The van der Waals surface area contributed by atoms with Gasteiger partial charge in [0.15, 0.2) is 10.6 Å². The third-order valence-corrected chi connectivity index (χ3v) is 4.81. The number of rotatable bonds is 5.